The Morgan fingerprint density at radius 3 is 1.81 bits per heavy atom. The molecular formula is C17H31N7O7. The molecule has 0 aliphatic carbocycles. The van der Waals surface area contributed by atoms with E-state index in [2.05, 4.69) is 16.0 Å². The molecule has 0 fully saturated rings. The zero-order valence-corrected chi connectivity index (χ0v) is 17.1. The van der Waals surface area contributed by atoms with Crippen LogP contribution in [0.15, 0.2) is 0 Å². The van der Waals surface area contributed by atoms with E-state index in [9.17, 15) is 33.9 Å². The molecular weight excluding hydrogens is 414 g/mol. The number of amides is 5. The first-order valence-electron chi connectivity index (χ1n) is 9.61. The number of rotatable bonds is 16. The van der Waals surface area contributed by atoms with Gasteiger partial charge in [-0.2, -0.15) is 0 Å². The van der Waals surface area contributed by atoms with Crippen molar-refractivity contribution in [2.75, 3.05) is 13.1 Å². The van der Waals surface area contributed by atoms with E-state index >= 15 is 0 Å². The number of nitrogens with one attached hydrogen (secondary N) is 3. The molecule has 14 heteroatoms. The monoisotopic (exact) mass is 445 g/mol. The van der Waals surface area contributed by atoms with E-state index in [1.54, 1.807) is 0 Å². The lowest BCUT2D eigenvalue weighted by molar-refractivity contribution is -0.142. The minimum atomic E-state index is -1.51. The Hall–Kier alpha value is -3.26. The van der Waals surface area contributed by atoms with Gasteiger partial charge in [0.25, 0.3) is 0 Å². The number of hydrogen-bond acceptors (Lipinski definition) is 8. The van der Waals surface area contributed by atoms with Crippen LogP contribution in [0.1, 0.15) is 38.5 Å². The predicted octanol–water partition coefficient (Wildman–Crippen LogP) is -4.25. The smallest absolute Gasteiger partial charge is 0.326 e. The maximum atomic E-state index is 12.6. The fourth-order valence-electron chi connectivity index (χ4n) is 2.51. The number of carboxylic acids is 1. The van der Waals surface area contributed by atoms with Crippen LogP contribution in [0, 0.1) is 0 Å². The topological polar surface area (TPSA) is 263 Å². The number of nitrogens with two attached hydrogens (primary N) is 4. The van der Waals surface area contributed by atoms with E-state index < -0.39 is 60.1 Å². The van der Waals surface area contributed by atoms with Crippen molar-refractivity contribution in [3.05, 3.63) is 0 Å². The van der Waals surface area contributed by atoms with Crippen molar-refractivity contribution in [1.29, 1.82) is 0 Å². The molecule has 0 spiro atoms. The van der Waals surface area contributed by atoms with Gasteiger partial charge in [0.2, 0.25) is 29.5 Å². The molecule has 14 nitrogen and oxygen atoms in total. The van der Waals surface area contributed by atoms with E-state index in [0.29, 0.717) is 19.4 Å². The molecule has 3 atom stereocenters. The normalized spacial score (nSPS) is 13.4. The van der Waals surface area contributed by atoms with Gasteiger partial charge in [0, 0.05) is 6.42 Å². The highest BCUT2D eigenvalue weighted by atomic mass is 16.4. The Bertz CT molecular complexity index is 671. The number of carbonyl (C=O) groups excluding carboxylic acids is 5. The first kappa shape index (κ1) is 27.7. The van der Waals surface area contributed by atoms with Crippen LogP contribution in [-0.4, -0.2) is 71.8 Å². The van der Waals surface area contributed by atoms with E-state index in [1.807, 2.05) is 0 Å². The third kappa shape index (κ3) is 12.1. The van der Waals surface area contributed by atoms with E-state index in [4.69, 9.17) is 22.9 Å². The summed E-state index contributed by atoms with van der Waals surface area (Å²) in [5.74, 6) is -5.54. The van der Waals surface area contributed by atoms with Crippen molar-refractivity contribution in [1.82, 2.24) is 16.0 Å². The molecule has 0 saturated heterocycles. The summed E-state index contributed by atoms with van der Waals surface area (Å²) in [6.45, 7) is -0.000214. The van der Waals surface area contributed by atoms with Crippen molar-refractivity contribution in [3.8, 4) is 0 Å². The Morgan fingerprint density at radius 1 is 0.742 bits per heavy atom. The Kier molecular flexibility index (Phi) is 13.1. The number of aliphatic carboxylic acids is 1. The molecule has 5 amide bonds. The summed E-state index contributed by atoms with van der Waals surface area (Å²) < 4.78 is 0. The van der Waals surface area contributed by atoms with Crippen LogP contribution in [0.25, 0.3) is 0 Å². The van der Waals surface area contributed by atoms with Crippen molar-refractivity contribution in [3.63, 3.8) is 0 Å². The van der Waals surface area contributed by atoms with Gasteiger partial charge >= 0.3 is 5.97 Å². The van der Waals surface area contributed by atoms with Gasteiger partial charge in [0.15, 0.2) is 0 Å². The average Bonchev–Trinajstić information content (AvgIpc) is 2.68. The van der Waals surface area contributed by atoms with Gasteiger partial charge in [0.1, 0.15) is 18.1 Å². The van der Waals surface area contributed by atoms with Gasteiger partial charge in [-0.3, -0.25) is 24.0 Å². The molecule has 0 aromatic heterocycles. The molecule has 176 valence electrons. The quantitative estimate of drug-likeness (QED) is 0.107. The van der Waals surface area contributed by atoms with Crippen LogP contribution in [0.4, 0.5) is 0 Å². The number of carboxylic acid groups (broad SMARTS) is 1. The lowest BCUT2D eigenvalue weighted by atomic mass is 10.1. The lowest BCUT2D eigenvalue weighted by Gasteiger charge is -2.24. The summed E-state index contributed by atoms with van der Waals surface area (Å²) in [7, 11) is 0. The third-order valence-corrected chi connectivity index (χ3v) is 4.12. The van der Waals surface area contributed by atoms with Gasteiger partial charge in [-0.15, -0.1) is 0 Å². The molecule has 0 aromatic rings. The SMILES string of the molecule is NCCCCC(NC(=O)CN)C(=O)NC(CC(N)=O)C(=O)NC(CCC(N)=O)C(=O)O. The van der Waals surface area contributed by atoms with Crippen LogP contribution in [0.5, 0.6) is 0 Å². The van der Waals surface area contributed by atoms with Gasteiger partial charge in [-0.05, 0) is 32.2 Å². The van der Waals surface area contributed by atoms with Crippen molar-refractivity contribution < 1.29 is 33.9 Å². The van der Waals surface area contributed by atoms with Crippen LogP contribution in [0.2, 0.25) is 0 Å². The summed E-state index contributed by atoms with van der Waals surface area (Å²) in [5, 5.41) is 16.0. The summed E-state index contributed by atoms with van der Waals surface area (Å²) in [6.07, 6.45) is 0.0322. The summed E-state index contributed by atoms with van der Waals surface area (Å²) in [5.41, 5.74) is 20.8. The minimum Gasteiger partial charge on any atom is -0.480 e. The number of primary amides is 2. The second-order valence-electron chi connectivity index (χ2n) is 6.74. The molecule has 0 saturated carbocycles. The molecule has 0 rings (SSSR count). The van der Waals surface area contributed by atoms with Crippen molar-refractivity contribution in [2.45, 2.75) is 56.7 Å². The maximum absolute atomic E-state index is 12.6. The number of unbranched alkanes of at least 4 members (excludes halogenated alkanes) is 1. The molecule has 0 aliphatic rings. The summed E-state index contributed by atoms with van der Waals surface area (Å²) >= 11 is 0. The Labute approximate surface area is 178 Å². The molecule has 0 heterocycles. The van der Waals surface area contributed by atoms with Crippen molar-refractivity contribution >= 4 is 35.5 Å². The zero-order valence-electron chi connectivity index (χ0n) is 17.1. The zero-order chi connectivity index (χ0) is 24.0. The molecule has 31 heavy (non-hydrogen) atoms. The summed E-state index contributed by atoms with van der Waals surface area (Å²) in [6, 6.07) is -4.05. The molecule has 3 unspecified atom stereocenters. The second kappa shape index (κ2) is 14.7. The standard InChI is InChI=1S/C17H31N7O7/c18-6-2-1-3-9(22-14(27)8-19)15(28)24-11(7-13(21)26)16(29)23-10(17(30)31)4-5-12(20)25/h9-11H,1-8,18-19H2,(H2,20,25)(H2,21,26)(H,22,27)(H,23,29)(H,24,28)(H,30,31). The minimum absolute atomic E-state index is 0.191. The fourth-order valence-corrected chi connectivity index (χ4v) is 2.51. The van der Waals surface area contributed by atoms with E-state index in [-0.39, 0.29) is 25.8 Å². The van der Waals surface area contributed by atoms with Crippen LogP contribution >= 0.6 is 0 Å². The predicted molar refractivity (Wildman–Crippen MR) is 108 cm³/mol. The largest absolute Gasteiger partial charge is 0.480 e. The van der Waals surface area contributed by atoms with Crippen LogP contribution < -0.4 is 38.9 Å². The van der Waals surface area contributed by atoms with Crippen LogP contribution in [-0.2, 0) is 28.8 Å². The van der Waals surface area contributed by atoms with Gasteiger partial charge in [0.05, 0.1) is 13.0 Å². The first-order valence-corrected chi connectivity index (χ1v) is 9.61. The highest BCUT2D eigenvalue weighted by molar-refractivity contribution is 5.95. The molecule has 12 N–H and O–H groups in total. The highest BCUT2D eigenvalue weighted by Gasteiger charge is 2.30. The lowest BCUT2D eigenvalue weighted by Crippen LogP contribution is -2.57. The third-order valence-electron chi connectivity index (χ3n) is 4.12. The molecule has 0 radical (unpaired) electrons. The second-order valence-corrected chi connectivity index (χ2v) is 6.74. The number of hydrogen-bond donors (Lipinski definition) is 8. The fraction of sp³-hybridized carbons (Fsp3) is 0.647. The molecule has 0 aromatic carbocycles. The van der Waals surface area contributed by atoms with Gasteiger partial charge < -0.3 is 44.0 Å². The average molecular weight is 445 g/mol. The summed E-state index contributed by atoms with van der Waals surface area (Å²) in [4.78, 5) is 70.3. The Balaban J connectivity index is 5.35. The maximum Gasteiger partial charge on any atom is 0.326 e. The Morgan fingerprint density at radius 2 is 1.32 bits per heavy atom. The number of carbonyl (C=O) groups is 6. The first-order chi connectivity index (χ1) is 14.5. The van der Waals surface area contributed by atoms with E-state index in [1.165, 1.54) is 0 Å². The van der Waals surface area contributed by atoms with E-state index in [0.717, 1.165) is 0 Å². The van der Waals surface area contributed by atoms with Crippen molar-refractivity contribution in [2.24, 2.45) is 22.9 Å². The highest BCUT2D eigenvalue weighted by Crippen LogP contribution is 2.04. The van der Waals surface area contributed by atoms with Crippen LogP contribution in [0.3, 0.4) is 0 Å². The van der Waals surface area contributed by atoms with Gasteiger partial charge in [-0.1, -0.05) is 0 Å². The molecule has 0 aliphatic heterocycles. The molecule has 0 bridgehead atoms. The van der Waals surface area contributed by atoms with Gasteiger partial charge in [-0.25, -0.2) is 4.79 Å².